The van der Waals surface area contributed by atoms with Crippen LogP contribution < -0.4 is 5.73 Å². The van der Waals surface area contributed by atoms with Gasteiger partial charge in [-0.3, -0.25) is 33.5 Å². The zero-order chi connectivity index (χ0) is 43.5. The highest BCUT2D eigenvalue weighted by Crippen LogP contribution is 2.22. The van der Waals surface area contributed by atoms with Gasteiger partial charge in [0.05, 0.1) is 17.6 Å². The average Bonchev–Trinajstić information content (AvgIpc) is 3.79. The van der Waals surface area contributed by atoms with E-state index in [2.05, 4.69) is 49.3 Å². The van der Waals surface area contributed by atoms with Gasteiger partial charge in [-0.05, 0) is 98.2 Å². The number of esters is 2. The molecule has 0 aliphatic carbocycles. The summed E-state index contributed by atoms with van der Waals surface area (Å²) in [5.41, 5.74) is 12.0. The molecule has 1 amide bonds. The topological polar surface area (TPSA) is 229 Å². The second-order valence-corrected chi connectivity index (χ2v) is 15.7. The van der Waals surface area contributed by atoms with Crippen LogP contribution in [0.4, 0.5) is 0 Å². The Labute approximate surface area is 345 Å². The molecule has 0 saturated heterocycles. The molecule has 1 aliphatic rings. The molecule has 2 aromatic heterocycles. The normalized spacial score (nSPS) is 11.6. The summed E-state index contributed by atoms with van der Waals surface area (Å²) in [6.07, 6.45) is 0. The summed E-state index contributed by atoms with van der Waals surface area (Å²) < 4.78 is 13.0. The summed E-state index contributed by atoms with van der Waals surface area (Å²) in [4.78, 5) is 48.5. The van der Waals surface area contributed by atoms with Crippen molar-refractivity contribution in [2.45, 2.75) is 93.2 Å². The van der Waals surface area contributed by atoms with Crippen molar-refractivity contribution in [3.8, 4) is 12.1 Å². The van der Waals surface area contributed by atoms with Crippen molar-refractivity contribution >= 4 is 67.3 Å². The van der Waals surface area contributed by atoms with Crippen molar-refractivity contribution in [2.24, 2.45) is 10.7 Å². The third-order valence-corrected chi connectivity index (χ3v) is 8.16. The summed E-state index contributed by atoms with van der Waals surface area (Å²) in [7, 11) is 0. The Balaban J connectivity index is 0.000000216. The highest BCUT2D eigenvalue weighted by molar-refractivity contribution is 9.09. The Kier molecular flexibility index (Phi) is 15.6. The molecule has 16 heteroatoms. The lowest BCUT2D eigenvalue weighted by Crippen LogP contribution is -2.26. The minimum absolute atomic E-state index is 0.00148. The Morgan fingerprint density at radius 2 is 1.29 bits per heavy atom. The molecule has 0 bridgehead atoms. The number of benzene rings is 3. The van der Waals surface area contributed by atoms with Crippen LogP contribution >= 0.6 is 15.9 Å². The first kappa shape index (κ1) is 46.0. The Morgan fingerprint density at radius 3 is 1.79 bits per heavy atom. The number of halogens is 1. The Hall–Kier alpha value is -6.39. The van der Waals surface area contributed by atoms with Gasteiger partial charge in [0.25, 0.3) is 5.91 Å². The van der Waals surface area contributed by atoms with E-state index in [1.54, 1.807) is 12.1 Å². The lowest BCUT2D eigenvalue weighted by atomic mass is 10.0. The van der Waals surface area contributed by atoms with Gasteiger partial charge in [-0.2, -0.15) is 20.7 Å². The van der Waals surface area contributed by atoms with E-state index in [-0.39, 0.29) is 41.7 Å². The smallest absolute Gasteiger partial charge is 0.328 e. The minimum Gasteiger partial charge on any atom is -0.480 e. The number of alkyl halides is 1. The first-order valence-electron chi connectivity index (χ1n) is 18.0. The van der Waals surface area contributed by atoms with Gasteiger partial charge in [0.2, 0.25) is 0 Å². The van der Waals surface area contributed by atoms with E-state index in [0.29, 0.717) is 28.9 Å². The number of carboxylic acid groups (broad SMARTS) is 1. The molecule has 0 fully saturated rings. The van der Waals surface area contributed by atoms with Crippen LogP contribution in [0.5, 0.6) is 0 Å². The first-order valence-corrected chi connectivity index (χ1v) is 19.1. The van der Waals surface area contributed by atoms with Crippen molar-refractivity contribution in [2.75, 3.05) is 5.33 Å². The molecule has 0 radical (unpaired) electrons. The molecule has 3 N–H and O–H groups in total. The van der Waals surface area contributed by atoms with Crippen LogP contribution in [0.2, 0.25) is 0 Å². The molecule has 58 heavy (non-hydrogen) atoms. The number of primary amides is 1. The zero-order valence-electron chi connectivity index (χ0n) is 34.0. The van der Waals surface area contributed by atoms with E-state index in [9.17, 15) is 19.2 Å². The van der Waals surface area contributed by atoms with Gasteiger partial charge in [-0.1, -0.05) is 56.9 Å². The second-order valence-electron chi connectivity index (χ2n) is 15.2. The van der Waals surface area contributed by atoms with Crippen molar-refractivity contribution < 1.29 is 33.8 Å². The number of nitrogens with zero attached hydrogens (tertiary/aromatic N) is 7. The van der Waals surface area contributed by atoms with Crippen LogP contribution in [0.15, 0.2) is 59.6 Å². The highest BCUT2D eigenvalue weighted by atomic mass is 79.9. The molecule has 0 saturated carbocycles. The first-order chi connectivity index (χ1) is 27.0. The van der Waals surface area contributed by atoms with Crippen LogP contribution in [0.25, 0.3) is 21.8 Å². The molecule has 0 spiro atoms. The van der Waals surface area contributed by atoms with Crippen LogP contribution in [-0.2, 0) is 43.5 Å². The number of rotatable bonds is 6. The Bertz CT molecular complexity index is 2460. The summed E-state index contributed by atoms with van der Waals surface area (Å²) in [6.45, 7) is 17.2. The summed E-state index contributed by atoms with van der Waals surface area (Å²) in [6, 6.07) is 21.3. The molecule has 304 valence electrons. The summed E-state index contributed by atoms with van der Waals surface area (Å²) in [5.74, 6) is -2.27. The van der Waals surface area contributed by atoms with Gasteiger partial charge in [0.1, 0.15) is 47.5 Å². The number of aliphatic carboxylic acids is 1. The minimum atomic E-state index is -1.02. The van der Waals surface area contributed by atoms with Gasteiger partial charge in [0.15, 0.2) is 11.4 Å². The van der Waals surface area contributed by atoms with E-state index in [0.717, 1.165) is 33.2 Å². The van der Waals surface area contributed by atoms with Gasteiger partial charge in [-0.25, -0.2) is 0 Å². The molecule has 3 heterocycles. The zero-order valence-corrected chi connectivity index (χ0v) is 35.6. The number of aromatic nitrogens is 4. The van der Waals surface area contributed by atoms with E-state index >= 15 is 0 Å². The lowest BCUT2D eigenvalue weighted by Gasteiger charge is -2.19. The van der Waals surface area contributed by atoms with Gasteiger partial charge in [0, 0.05) is 16.3 Å². The number of amides is 1. The quantitative estimate of drug-likeness (QED) is 0.136. The predicted molar refractivity (Wildman–Crippen MR) is 222 cm³/mol. The highest BCUT2D eigenvalue weighted by Gasteiger charge is 2.20. The van der Waals surface area contributed by atoms with E-state index < -0.39 is 17.5 Å². The molecule has 6 rings (SSSR count). The maximum atomic E-state index is 11.9. The number of aryl methyl sites for hydroxylation is 3. The Morgan fingerprint density at radius 1 is 0.776 bits per heavy atom. The van der Waals surface area contributed by atoms with Gasteiger partial charge in [-0.15, -0.1) is 0 Å². The van der Waals surface area contributed by atoms with Crippen molar-refractivity contribution in [3.05, 3.63) is 93.8 Å². The number of ether oxygens (including phenoxy) is 2. The van der Waals surface area contributed by atoms with E-state index in [1.807, 2.05) is 98.7 Å². The number of carbonyl (C=O) groups is 4. The average molecular weight is 856 g/mol. The molecular weight excluding hydrogens is 808 g/mol. The molecule has 3 aromatic carbocycles. The third kappa shape index (κ3) is 13.4. The van der Waals surface area contributed by atoms with Crippen LogP contribution in [0, 0.1) is 43.4 Å². The fourth-order valence-corrected chi connectivity index (χ4v) is 5.59. The second kappa shape index (κ2) is 19.7. The van der Waals surface area contributed by atoms with Gasteiger partial charge < -0.3 is 20.3 Å². The lowest BCUT2D eigenvalue weighted by molar-refractivity contribution is -0.156. The molecule has 5 aromatic rings. The SMILES string of the molecule is CC(C)(C)OC(=O)CBr.Cc1ccc2c(c1)C(C#N)=NC2.Cc1ccc2c(c1)c(C#N)nn2CC(=O)OC(C)(C)C.Cc1ccc2c(c1)c(C(N)=O)nn2CC(=O)O. The summed E-state index contributed by atoms with van der Waals surface area (Å²) in [5, 5.41) is 36.3. The molecule has 15 nitrogen and oxygen atoms in total. The fraction of sp³-hybridized carbons (Fsp3) is 0.357. The molecule has 1 aliphatic heterocycles. The summed E-state index contributed by atoms with van der Waals surface area (Å²) >= 11 is 2.99. The molecular formula is C42H47BrN8O7. The standard InChI is InChI=1S/C15H17N3O2.C11H11N3O3.C10H8N2.C6H11BrO2/c1-10-5-6-13-11(7-10)12(8-16)17-18(13)9-14(19)20-15(2,3)4;1-6-2-3-8-7(4-6)10(11(12)17)13-14(8)5-9(15)16;1-7-2-3-8-6-12-10(5-11)9(8)4-7;1-6(2,3)9-5(8)4-7/h5-7H,9H2,1-4H3;2-4H,5H2,1H3,(H2,12,17)(H,15,16);2-4H,6H2,1H3;4H2,1-3H3. The number of nitriles is 2. The monoisotopic (exact) mass is 854 g/mol. The number of hydrogen-bond donors (Lipinski definition) is 2. The number of carbonyl (C=O) groups excluding carboxylic acids is 3. The van der Waals surface area contributed by atoms with Crippen LogP contribution in [0.1, 0.15) is 85.5 Å². The van der Waals surface area contributed by atoms with Gasteiger partial charge >= 0.3 is 17.9 Å². The van der Waals surface area contributed by atoms with Crippen molar-refractivity contribution in [1.82, 2.24) is 19.6 Å². The maximum Gasteiger partial charge on any atom is 0.328 e. The maximum absolute atomic E-state index is 11.9. The number of aliphatic imine (C=N–C) groups is 1. The van der Waals surface area contributed by atoms with Crippen molar-refractivity contribution in [1.29, 1.82) is 10.5 Å². The third-order valence-electron chi connectivity index (χ3n) is 7.70. The van der Waals surface area contributed by atoms with E-state index in [1.165, 1.54) is 14.9 Å². The number of nitrogens with two attached hydrogens (primary N) is 1. The number of carboxylic acids is 1. The van der Waals surface area contributed by atoms with Crippen LogP contribution in [0.3, 0.4) is 0 Å². The van der Waals surface area contributed by atoms with Crippen molar-refractivity contribution in [3.63, 3.8) is 0 Å². The largest absolute Gasteiger partial charge is 0.480 e. The van der Waals surface area contributed by atoms with E-state index in [4.69, 9.17) is 30.8 Å². The number of hydrogen-bond acceptors (Lipinski definition) is 11. The predicted octanol–water partition coefficient (Wildman–Crippen LogP) is 6.63. The fourth-order valence-electron chi connectivity index (χ4n) is 5.48. The molecule has 0 atom stereocenters. The van der Waals surface area contributed by atoms with Crippen LogP contribution in [-0.4, -0.2) is 70.7 Å². The molecule has 0 unspecified atom stereocenters. The number of fused-ring (bicyclic) bond motifs is 3.